The van der Waals surface area contributed by atoms with E-state index in [2.05, 4.69) is 0 Å². The van der Waals surface area contributed by atoms with Crippen LogP contribution in [0.1, 0.15) is 17.3 Å². The molecule has 0 spiro atoms. The number of carbonyl (C=O) groups is 1. The predicted molar refractivity (Wildman–Crippen MR) is 67.0 cm³/mol. The summed E-state index contributed by atoms with van der Waals surface area (Å²) >= 11 is 5.81. The molecule has 0 saturated heterocycles. The van der Waals surface area contributed by atoms with E-state index in [4.69, 9.17) is 30.9 Å². The van der Waals surface area contributed by atoms with E-state index >= 15 is 0 Å². The summed E-state index contributed by atoms with van der Waals surface area (Å²) in [5.41, 5.74) is -0.0316. The lowest BCUT2D eigenvalue weighted by Gasteiger charge is -2.13. The van der Waals surface area contributed by atoms with Crippen molar-refractivity contribution in [3.05, 3.63) is 22.7 Å². The maximum atomic E-state index is 11.1. The van der Waals surface area contributed by atoms with Crippen LogP contribution in [0.25, 0.3) is 0 Å². The van der Waals surface area contributed by atoms with Crippen LogP contribution in [0.3, 0.4) is 0 Å². The number of hydrogen-bond acceptors (Lipinski definition) is 4. The van der Waals surface area contributed by atoms with Gasteiger partial charge in [-0.1, -0.05) is 11.6 Å². The number of halogens is 1. The van der Waals surface area contributed by atoms with Crippen molar-refractivity contribution in [2.45, 2.75) is 6.92 Å². The third-order valence-corrected chi connectivity index (χ3v) is 2.37. The van der Waals surface area contributed by atoms with Crippen molar-refractivity contribution >= 4 is 17.6 Å². The maximum Gasteiger partial charge on any atom is 0.339 e. The molecule has 0 amide bonds. The van der Waals surface area contributed by atoms with Crippen molar-refractivity contribution in [1.82, 2.24) is 0 Å². The number of methoxy groups -OCH3 is 1. The van der Waals surface area contributed by atoms with Crippen LogP contribution in [0.2, 0.25) is 5.02 Å². The second kappa shape index (κ2) is 7.08. The lowest BCUT2D eigenvalue weighted by atomic mass is 10.2. The van der Waals surface area contributed by atoms with E-state index in [0.29, 0.717) is 13.2 Å². The first kappa shape index (κ1) is 14.6. The largest absolute Gasteiger partial charge is 0.493 e. The molecule has 0 aromatic heterocycles. The first-order chi connectivity index (χ1) is 8.60. The van der Waals surface area contributed by atoms with Crippen LogP contribution in [-0.4, -0.2) is 38.0 Å². The van der Waals surface area contributed by atoms with E-state index < -0.39 is 5.97 Å². The van der Waals surface area contributed by atoms with Gasteiger partial charge >= 0.3 is 5.97 Å². The van der Waals surface area contributed by atoms with Crippen LogP contribution in [0, 0.1) is 0 Å². The Hall–Kier alpha value is -1.46. The predicted octanol–water partition coefficient (Wildman–Crippen LogP) is 2.46. The smallest absolute Gasteiger partial charge is 0.339 e. The number of ether oxygens (including phenoxy) is 3. The molecule has 0 saturated carbocycles. The van der Waals surface area contributed by atoms with Gasteiger partial charge in [-0.3, -0.25) is 0 Å². The van der Waals surface area contributed by atoms with E-state index in [9.17, 15) is 4.79 Å². The highest BCUT2D eigenvalue weighted by Gasteiger charge is 2.18. The van der Waals surface area contributed by atoms with Crippen molar-refractivity contribution < 1.29 is 24.1 Å². The summed E-state index contributed by atoms with van der Waals surface area (Å²) in [4.78, 5) is 11.1. The van der Waals surface area contributed by atoms with Crippen LogP contribution in [0.4, 0.5) is 0 Å². The Morgan fingerprint density at radius 1 is 1.39 bits per heavy atom. The zero-order valence-corrected chi connectivity index (χ0v) is 11.0. The zero-order chi connectivity index (χ0) is 13.5. The van der Waals surface area contributed by atoms with E-state index in [1.54, 1.807) is 0 Å². The molecule has 100 valence electrons. The van der Waals surface area contributed by atoms with Crippen molar-refractivity contribution in [3.8, 4) is 11.5 Å². The highest BCUT2D eigenvalue weighted by molar-refractivity contribution is 6.31. The third-order valence-electron chi connectivity index (χ3n) is 2.15. The summed E-state index contributed by atoms with van der Waals surface area (Å²) in [6.45, 7) is 3.06. The van der Waals surface area contributed by atoms with Gasteiger partial charge in [0, 0.05) is 17.7 Å². The Balaban J connectivity index is 2.94. The lowest BCUT2D eigenvalue weighted by Crippen LogP contribution is -2.10. The third kappa shape index (κ3) is 3.78. The van der Waals surface area contributed by atoms with E-state index in [-0.39, 0.29) is 28.7 Å². The van der Waals surface area contributed by atoms with E-state index in [0.717, 1.165) is 0 Å². The molecule has 18 heavy (non-hydrogen) atoms. The van der Waals surface area contributed by atoms with Gasteiger partial charge < -0.3 is 19.3 Å². The number of aromatic carboxylic acids is 1. The molecule has 6 heteroatoms. The van der Waals surface area contributed by atoms with Gasteiger partial charge in [-0.05, 0) is 13.0 Å². The lowest BCUT2D eigenvalue weighted by molar-refractivity contribution is 0.0685. The molecule has 0 atom stereocenters. The molecule has 0 aliphatic heterocycles. The van der Waals surface area contributed by atoms with Gasteiger partial charge in [0.05, 0.1) is 13.7 Å². The second-order valence-electron chi connectivity index (χ2n) is 3.34. The number of carboxylic acids is 1. The average Bonchev–Trinajstić information content (AvgIpc) is 2.34. The molecule has 0 aliphatic carbocycles. The van der Waals surface area contributed by atoms with Gasteiger partial charge in [0.1, 0.15) is 12.2 Å². The molecule has 0 radical (unpaired) electrons. The Labute approximate surface area is 110 Å². The van der Waals surface area contributed by atoms with Crippen molar-refractivity contribution in [3.63, 3.8) is 0 Å². The minimum absolute atomic E-state index is 0.0316. The zero-order valence-electron chi connectivity index (χ0n) is 10.2. The van der Waals surface area contributed by atoms with Crippen LogP contribution >= 0.6 is 11.6 Å². The topological polar surface area (TPSA) is 65.0 Å². The van der Waals surface area contributed by atoms with Gasteiger partial charge in [0.2, 0.25) is 0 Å². The maximum absolute atomic E-state index is 11.1. The summed E-state index contributed by atoms with van der Waals surface area (Å²) in [5.74, 6) is -0.673. The Bertz CT molecular complexity index is 419. The standard InChI is InChI=1S/C12H15ClO5/c1-3-17-4-5-18-11-9(12(14)15)6-8(13)7-10(11)16-2/h6-7H,3-5H2,1-2H3,(H,14,15). The Morgan fingerprint density at radius 2 is 2.11 bits per heavy atom. The highest BCUT2D eigenvalue weighted by atomic mass is 35.5. The quantitative estimate of drug-likeness (QED) is 0.774. The summed E-state index contributed by atoms with van der Waals surface area (Å²) < 4.78 is 15.6. The van der Waals surface area contributed by atoms with Gasteiger partial charge in [-0.2, -0.15) is 0 Å². The summed E-state index contributed by atoms with van der Waals surface area (Å²) in [6, 6.07) is 2.83. The van der Waals surface area contributed by atoms with Crippen molar-refractivity contribution in [1.29, 1.82) is 0 Å². The minimum Gasteiger partial charge on any atom is -0.493 e. The van der Waals surface area contributed by atoms with Crippen molar-refractivity contribution in [2.75, 3.05) is 26.9 Å². The molecule has 1 N–H and O–H groups in total. The van der Waals surface area contributed by atoms with Gasteiger partial charge in [0.15, 0.2) is 11.5 Å². The second-order valence-corrected chi connectivity index (χ2v) is 3.77. The fourth-order valence-electron chi connectivity index (χ4n) is 1.37. The van der Waals surface area contributed by atoms with Gasteiger partial charge in [-0.15, -0.1) is 0 Å². The van der Waals surface area contributed by atoms with Crippen LogP contribution in [-0.2, 0) is 4.74 Å². The first-order valence-electron chi connectivity index (χ1n) is 5.41. The normalized spacial score (nSPS) is 10.2. The van der Waals surface area contributed by atoms with Gasteiger partial charge in [-0.25, -0.2) is 4.79 Å². The summed E-state index contributed by atoms with van der Waals surface area (Å²) in [5, 5.41) is 9.37. The molecular formula is C12H15ClO5. The molecule has 1 aromatic rings. The summed E-state index contributed by atoms with van der Waals surface area (Å²) in [6.07, 6.45) is 0. The fourth-order valence-corrected chi connectivity index (χ4v) is 1.58. The molecule has 1 rings (SSSR count). The molecular weight excluding hydrogens is 260 g/mol. The van der Waals surface area contributed by atoms with Crippen LogP contribution in [0.5, 0.6) is 11.5 Å². The van der Waals surface area contributed by atoms with E-state index in [1.807, 2.05) is 6.92 Å². The number of rotatable bonds is 7. The molecule has 0 aliphatic rings. The highest BCUT2D eigenvalue weighted by Crippen LogP contribution is 2.34. The number of hydrogen-bond donors (Lipinski definition) is 1. The molecule has 0 heterocycles. The Kier molecular flexibility index (Phi) is 5.74. The molecule has 5 nitrogen and oxygen atoms in total. The van der Waals surface area contributed by atoms with E-state index in [1.165, 1.54) is 19.2 Å². The number of benzene rings is 1. The molecule has 0 bridgehead atoms. The van der Waals surface area contributed by atoms with Crippen LogP contribution < -0.4 is 9.47 Å². The van der Waals surface area contributed by atoms with Crippen LogP contribution in [0.15, 0.2) is 12.1 Å². The molecule has 1 aromatic carbocycles. The first-order valence-corrected chi connectivity index (χ1v) is 5.79. The average molecular weight is 275 g/mol. The Morgan fingerprint density at radius 3 is 2.67 bits per heavy atom. The number of carboxylic acid groups (broad SMARTS) is 1. The van der Waals surface area contributed by atoms with Gasteiger partial charge in [0.25, 0.3) is 0 Å². The molecule has 0 fully saturated rings. The minimum atomic E-state index is -1.12. The fraction of sp³-hybridized carbons (Fsp3) is 0.417. The summed E-state index contributed by atoms with van der Waals surface area (Å²) in [7, 11) is 1.42. The van der Waals surface area contributed by atoms with Crippen molar-refractivity contribution in [2.24, 2.45) is 0 Å². The SMILES string of the molecule is CCOCCOc1c(OC)cc(Cl)cc1C(=O)O. The monoisotopic (exact) mass is 274 g/mol. The molecule has 0 unspecified atom stereocenters.